The molecule has 0 saturated carbocycles. The van der Waals surface area contributed by atoms with Crippen LogP contribution in [0.15, 0.2) is 46.9 Å². The van der Waals surface area contributed by atoms with Crippen LogP contribution in [0.4, 0.5) is 5.69 Å². The topological polar surface area (TPSA) is 125 Å². The van der Waals surface area contributed by atoms with Crippen molar-refractivity contribution >= 4 is 17.4 Å². The summed E-state index contributed by atoms with van der Waals surface area (Å²) in [5.41, 5.74) is 7.14. The second-order valence-corrected chi connectivity index (χ2v) is 5.55. The number of allylic oxidation sites excluding steroid dienone is 2. The summed E-state index contributed by atoms with van der Waals surface area (Å²) in [7, 11) is 0. The van der Waals surface area contributed by atoms with Gasteiger partial charge in [0.2, 0.25) is 0 Å². The van der Waals surface area contributed by atoms with Gasteiger partial charge in [-0.15, -0.1) is 0 Å². The lowest BCUT2D eigenvalue weighted by atomic mass is 9.79. The minimum atomic E-state index is -0.835. The lowest BCUT2D eigenvalue weighted by Gasteiger charge is -2.29. The van der Waals surface area contributed by atoms with Crippen molar-refractivity contribution in [2.24, 2.45) is 5.73 Å². The maximum absolute atomic E-state index is 12.4. The van der Waals surface area contributed by atoms with Crippen molar-refractivity contribution < 1.29 is 19.2 Å². The molecule has 1 heterocycles. The van der Waals surface area contributed by atoms with Gasteiger partial charge in [0.1, 0.15) is 5.82 Å². The largest absolute Gasteiger partial charge is 0.463 e. The second-order valence-electron chi connectivity index (χ2n) is 5.55. The number of dihydropyridines is 1. The van der Waals surface area contributed by atoms with Crippen molar-refractivity contribution in [3.63, 3.8) is 0 Å². The van der Waals surface area contributed by atoms with Crippen LogP contribution in [0.2, 0.25) is 0 Å². The number of carbonyl (C=O) groups is 2. The predicted octanol–water partition coefficient (Wildman–Crippen LogP) is 1.88. The molecule has 0 radical (unpaired) electrons. The first kappa shape index (κ1) is 18.2. The molecule has 8 nitrogen and oxygen atoms in total. The summed E-state index contributed by atoms with van der Waals surface area (Å²) in [6.45, 7) is 4.82. The van der Waals surface area contributed by atoms with E-state index in [1.54, 1.807) is 19.9 Å². The summed E-state index contributed by atoms with van der Waals surface area (Å²) < 4.78 is 5.06. The first-order chi connectivity index (χ1) is 11.8. The second kappa shape index (κ2) is 7.16. The van der Waals surface area contributed by atoms with Crippen molar-refractivity contribution in [2.75, 3.05) is 6.61 Å². The summed E-state index contributed by atoms with van der Waals surface area (Å²) in [4.78, 5) is 35.2. The molecular formula is C17H19N3O5. The smallest absolute Gasteiger partial charge is 0.338 e. The Balaban J connectivity index is 2.69. The standard InChI is InChI=1S/C17H19N3O5/c1-4-25-17(22)15-14(11-6-5-7-12(8-11)20(23)24)13(10(3)21)9(2)19-16(15)18/h5-8,14,19H,4,18H2,1-3H3. The molecule has 1 aromatic carbocycles. The van der Waals surface area contributed by atoms with Crippen molar-refractivity contribution in [3.8, 4) is 0 Å². The molecule has 1 aliphatic rings. The molecule has 2 rings (SSSR count). The van der Waals surface area contributed by atoms with Gasteiger partial charge in [0.15, 0.2) is 5.78 Å². The first-order valence-electron chi connectivity index (χ1n) is 7.67. The zero-order chi connectivity index (χ0) is 18.7. The fraction of sp³-hybridized carbons (Fsp3) is 0.294. The van der Waals surface area contributed by atoms with Crippen LogP contribution in [0.3, 0.4) is 0 Å². The van der Waals surface area contributed by atoms with E-state index in [-0.39, 0.29) is 29.5 Å². The number of benzene rings is 1. The molecule has 0 bridgehead atoms. The van der Waals surface area contributed by atoms with Crippen LogP contribution >= 0.6 is 0 Å². The highest BCUT2D eigenvalue weighted by Gasteiger charge is 2.36. The van der Waals surface area contributed by atoms with Gasteiger partial charge in [-0.05, 0) is 26.3 Å². The van der Waals surface area contributed by atoms with Crippen molar-refractivity contribution in [2.45, 2.75) is 26.7 Å². The summed E-state index contributed by atoms with van der Waals surface area (Å²) >= 11 is 0. The average Bonchev–Trinajstić information content (AvgIpc) is 2.53. The number of nitro groups is 1. The Labute approximate surface area is 144 Å². The highest BCUT2D eigenvalue weighted by molar-refractivity contribution is 6.02. The highest BCUT2D eigenvalue weighted by Crippen LogP contribution is 2.39. The number of Topliss-reactive ketones (excluding diaryl/α,β-unsaturated/α-hetero) is 1. The Kier molecular flexibility index (Phi) is 5.21. The van der Waals surface area contributed by atoms with Crippen LogP contribution in [0.25, 0.3) is 0 Å². The van der Waals surface area contributed by atoms with Gasteiger partial charge in [0, 0.05) is 23.4 Å². The molecule has 1 aromatic rings. The van der Waals surface area contributed by atoms with Gasteiger partial charge in [-0.2, -0.15) is 0 Å². The van der Waals surface area contributed by atoms with E-state index in [1.807, 2.05) is 0 Å². The van der Waals surface area contributed by atoms with Gasteiger partial charge in [-0.25, -0.2) is 4.79 Å². The van der Waals surface area contributed by atoms with Crippen LogP contribution in [0.1, 0.15) is 32.3 Å². The number of esters is 1. The summed E-state index contributed by atoms with van der Waals surface area (Å²) in [6.07, 6.45) is 0. The van der Waals surface area contributed by atoms with Crippen LogP contribution in [0.5, 0.6) is 0 Å². The Hall–Kier alpha value is -3.16. The molecule has 0 saturated heterocycles. The fourth-order valence-corrected chi connectivity index (χ4v) is 2.91. The van der Waals surface area contributed by atoms with E-state index in [4.69, 9.17) is 10.5 Å². The molecule has 0 spiro atoms. The van der Waals surface area contributed by atoms with E-state index in [9.17, 15) is 19.7 Å². The van der Waals surface area contributed by atoms with E-state index in [1.165, 1.54) is 25.1 Å². The van der Waals surface area contributed by atoms with Gasteiger partial charge in [-0.3, -0.25) is 14.9 Å². The number of nitrogens with one attached hydrogen (secondary N) is 1. The number of carbonyl (C=O) groups excluding carboxylic acids is 2. The molecule has 1 atom stereocenters. The van der Waals surface area contributed by atoms with Crippen molar-refractivity contribution in [3.05, 3.63) is 62.6 Å². The van der Waals surface area contributed by atoms with E-state index >= 15 is 0 Å². The normalized spacial score (nSPS) is 17.2. The van der Waals surface area contributed by atoms with Gasteiger partial charge < -0.3 is 15.8 Å². The summed E-state index contributed by atoms with van der Waals surface area (Å²) in [5, 5.41) is 13.9. The molecule has 25 heavy (non-hydrogen) atoms. The molecule has 3 N–H and O–H groups in total. The minimum absolute atomic E-state index is 0.0671. The van der Waals surface area contributed by atoms with Crippen LogP contribution in [-0.2, 0) is 14.3 Å². The molecule has 0 aromatic heterocycles. The SMILES string of the molecule is CCOC(=O)C1=C(N)NC(C)=C(C(C)=O)C1c1cccc([N+](=O)[O-])c1. The number of nitrogens with two attached hydrogens (primary N) is 1. The van der Waals surface area contributed by atoms with Crippen molar-refractivity contribution in [1.82, 2.24) is 5.32 Å². The predicted molar refractivity (Wildman–Crippen MR) is 90.2 cm³/mol. The maximum atomic E-state index is 12.4. The lowest BCUT2D eigenvalue weighted by Crippen LogP contribution is -2.35. The monoisotopic (exact) mass is 345 g/mol. The number of ketones is 1. The number of nitrogens with zero attached hydrogens (tertiary/aromatic N) is 1. The van der Waals surface area contributed by atoms with Crippen LogP contribution in [-0.4, -0.2) is 23.3 Å². The van der Waals surface area contributed by atoms with E-state index in [0.29, 0.717) is 16.8 Å². The molecule has 132 valence electrons. The van der Waals surface area contributed by atoms with E-state index < -0.39 is 16.8 Å². The fourth-order valence-electron chi connectivity index (χ4n) is 2.91. The number of rotatable bonds is 5. The van der Waals surface area contributed by atoms with Gasteiger partial charge in [0.25, 0.3) is 5.69 Å². The van der Waals surface area contributed by atoms with Gasteiger partial charge in [-0.1, -0.05) is 12.1 Å². The molecule has 1 unspecified atom stereocenters. The number of non-ortho nitro benzene ring substituents is 1. The van der Waals surface area contributed by atoms with Crippen LogP contribution in [0, 0.1) is 10.1 Å². The van der Waals surface area contributed by atoms with Gasteiger partial charge in [0.05, 0.1) is 23.0 Å². The third-order valence-electron chi connectivity index (χ3n) is 3.88. The van der Waals surface area contributed by atoms with E-state index in [2.05, 4.69) is 5.32 Å². The molecular weight excluding hydrogens is 326 g/mol. The Morgan fingerprint density at radius 2 is 2.04 bits per heavy atom. The average molecular weight is 345 g/mol. The lowest BCUT2D eigenvalue weighted by molar-refractivity contribution is -0.384. The number of nitro benzene ring substituents is 1. The number of hydrogen-bond donors (Lipinski definition) is 2. The Morgan fingerprint density at radius 1 is 1.36 bits per heavy atom. The molecule has 0 aliphatic carbocycles. The highest BCUT2D eigenvalue weighted by atomic mass is 16.6. The van der Waals surface area contributed by atoms with Gasteiger partial charge >= 0.3 is 5.97 Å². The number of hydrogen-bond acceptors (Lipinski definition) is 7. The molecule has 0 amide bonds. The Morgan fingerprint density at radius 3 is 2.60 bits per heavy atom. The Bertz CT molecular complexity index is 810. The molecule has 1 aliphatic heterocycles. The molecule has 8 heteroatoms. The minimum Gasteiger partial charge on any atom is -0.463 e. The molecule has 0 fully saturated rings. The van der Waals surface area contributed by atoms with Crippen molar-refractivity contribution in [1.29, 1.82) is 0 Å². The van der Waals surface area contributed by atoms with E-state index in [0.717, 1.165) is 0 Å². The first-order valence-corrected chi connectivity index (χ1v) is 7.67. The zero-order valence-electron chi connectivity index (χ0n) is 14.2. The maximum Gasteiger partial charge on any atom is 0.338 e. The third-order valence-corrected chi connectivity index (χ3v) is 3.88. The number of ether oxygens (including phenoxy) is 1. The zero-order valence-corrected chi connectivity index (χ0v) is 14.2. The summed E-state index contributed by atoms with van der Waals surface area (Å²) in [6, 6.07) is 5.79. The quantitative estimate of drug-likeness (QED) is 0.474. The summed E-state index contributed by atoms with van der Waals surface area (Å²) in [5.74, 6) is -1.71. The third kappa shape index (κ3) is 3.52. The van der Waals surface area contributed by atoms with Crippen LogP contribution < -0.4 is 11.1 Å².